The van der Waals surface area contributed by atoms with Crippen LogP contribution in [-0.2, 0) is 4.79 Å². The Bertz CT molecular complexity index is 674. The fourth-order valence-electron chi connectivity index (χ4n) is 1.85. The number of hydrogen-bond acceptors (Lipinski definition) is 3. The van der Waals surface area contributed by atoms with Crippen molar-refractivity contribution in [3.8, 4) is 0 Å². The lowest BCUT2D eigenvalue weighted by Gasteiger charge is -2.09. The molecule has 0 saturated heterocycles. The van der Waals surface area contributed by atoms with Crippen molar-refractivity contribution < 1.29 is 9.59 Å². The van der Waals surface area contributed by atoms with Gasteiger partial charge in [0.05, 0.1) is 17.1 Å². The number of hydrogen-bond donors (Lipinski definition) is 3. The fourth-order valence-corrected chi connectivity index (χ4v) is 2.12. The number of para-hydroxylation sites is 1. The number of anilines is 2. The maximum absolute atomic E-state index is 11.8. The topological polar surface area (TPSA) is 70.2 Å². The molecule has 0 aromatic heterocycles. The van der Waals surface area contributed by atoms with Gasteiger partial charge in [-0.25, -0.2) is 0 Å². The summed E-state index contributed by atoms with van der Waals surface area (Å²) in [6, 6.07) is 14.1. The van der Waals surface area contributed by atoms with Gasteiger partial charge in [-0.15, -0.1) is 0 Å². The first kappa shape index (κ1) is 15.9. The van der Waals surface area contributed by atoms with Gasteiger partial charge in [-0.2, -0.15) is 0 Å². The average Bonchev–Trinajstić information content (AvgIpc) is 2.53. The van der Waals surface area contributed by atoms with Gasteiger partial charge >= 0.3 is 0 Å². The summed E-state index contributed by atoms with van der Waals surface area (Å²) < 4.78 is 0. The molecule has 2 aromatic rings. The van der Waals surface area contributed by atoms with Gasteiger partial charge in [0.15, 0.2) is 0 Å². The minimum atomic E-state index is -0.252. The van der Waals surface area contributed by atoms with Crippen molar-refractivity contribution in [1.82, 2.24) is 5.32 Å². The zero-order valence-electron chi connectivity index (χ0n) is 12.0. The monoisotopic (exact) mass is 317 g/mol. The third kappa shape index (κ3) is 4.23. The summed E-state index contributed by atoms with van der Waals surface area (Å²) in [5.41, 5.74) is 1.80. The number of nitrogens with one attached hydrogen (secondary N) is 3. The minimum absolute atomic E-state index is 0.102. The largest absolute Gasteiger partial charge is 0.376 e. The van der Waals surface area contributed by atoms with Crippen molar-refractivity contribution in [2.75, 3.05) is 24.2 Å². The van der Waals surface area contributed by atoms with Crippen LogP contribution in [0.2, 0.25) is 5.02 Å². The molecule has 22 heavy (non-hydrogen) atoms. The molecule has 0 aliphatic rings. The number of carbonyl (C=O) groups is 2. The average molecular weight is 318 g/mol. The molecule has 2 aromatic carbocycles. The molecule has 0 unspecified atom stereocenters. The van der Waals surface area contributed by atoms with Gasteiger partial charge in [0.2, 0.25) is 5.91 Å². The molecular formula is C16H16ClN3O2. The summed E-state index contributed by atoms with van der Waals surface area (Å²) in [6.45, 7) is 0.102. The van der Waals surface area contributed by atoms with E-state index in [2.05, 4.69) is 16.0 Å². The van der Waals surface area contributed by atoms with Crippen LogP contribution in [0.1, 0.15) is 10.4 Å². The Labute approximate surface area is 133 Å². The molecule has 2 amide bonds. The van der Waals surface area contributed by atoms with Crippen LogP contribution in [0.3, 0.4) is 0 Å². The Balaban J connectivity index is 1.93. The van der Waals surface area contributed by atoms with Crippen LogP contribution in [-0.4, -0.2) is 25.4 Å². The molecule has 0 aliphatic carbocycles. The highest BCUT2D eigenvalue weighted by Gasteiger charge is 2.09. The van der Waals surface area contributed by atoms with Crippen molar-refractivity contribution in [3.63, 3.8) is 0 Å². The molecule has 0 spiro atoms. The van der Waals surface area contributed by atoms with Gasteiger partial charge in [-0.1, -0.05) is 29.8 Å². The number of rotatable bonds is 5. The SMILES string of the molecule is CNC(=O)c1ccc(NCC(=O)Nc2ccccc2)cc1Cl. The lowest BCUT2D eigenvalue weighted by molar-refractivity contribution is -0.114. The Kier molecular flexibility index (Phi) is 5.38. The second-order valence-electron chi connectivity index (χ2n) is 4.54. The molecule has 6 heteroatoms. The molecule has 0 radical (unpaired) electrons. The van der Waals surface area contributed by atoms with Gasteiger partial charge < -0.3 is 16.0 Å². The second-order valence-corrected chi connectivity index (χ2v) is 4.95. The Hall–Kier alpha value is -2.53. The van der Waals surface area contributed by atoms with Gasteiger partial charge in [-0.05, 0) is 30.3 Å². The highest BCUT2D eigenvalue weighted by atomic mass is 35.5. The molecule has 0 aliphatic heterocycles. The molecule has 0 atom stereocenters. The lowest BCUT2D eigenvalue weighted by Crippen LogP contribution is -2.22. The van der Waals surface area contributed by atoms with E-state index in [1.165, 1.54) is 0 Å². The van der Waals surface area contributed by atoms with E-state index >= 15 is 0 Å². The smallest absolute Gasteiger partial charge is 0.252 e. The standard InChI is InChI=1S/C16H16ClN3O2/c1-18-16(22)13-8-7-12(9-14(13)17)19-10-15(21)20-11-5-3-2-4-6-11/h2-9,19H,10H2,1H3,(H,18,22)(H,20,21). The van der Waals surface area contributed by atoms with Crippen LogP contribution in [0.15, 0.2) is 48.5 Å². The van der Waals surface area contributed by atoms with Crippen molar-refractivity contribution in [3.05, 3.63) is 59.1 Å². The van der Waals surface area contributed by atoms with Gasteiger partial charge in [-0.3, -0.25) is 9.59 Å². The van der Waals surface area contributed by atoms with Crippen LogP contribution in [0.5, 0.6) is 0 Å². The van der Waals surface area contributed by atoms with Gasteiger partial charge in [0, 0.05) is 18.4 Å². The van der Waals surface area contributed by atoms with Crippen LogP contribution in [0, 0.1) is 0 Å². The predicted molar refractivity (Wildman–Crippen MR) is 88.4 cm³/mol. The first-order valence-electron chi connectivity index (χ1n) is 6.70. The first-order chi connectivity index (χ1) is 10.6. The van der Waals surface area contributed by atoms with Crippen molar-refractivity contribution >= 4 is 34.8 Å². The molecule has 0 bridgehead atoms. The minimum Gasteiger partial charge on any atom is -0.376 e. The van der Waals surface area contributed by atoms with Crippen LogP contribution in [0.4, 0.5) is 11.4 Å². The molecular weight excluding hydrogens is 302 g/mol. The van der Waals surface area contributed by atoms with E-state index in [0.29, 0.717) is 16.3 Å². The van der Waals surface area contributed by atoms with E-state index in [1.54, 1.807) is 25.2 Å². The van der Waals surface area contributed by atoms with E-state index in [1.807, 2.05) is 30.3 Å². The molecule has 0 heterocycles. The Morgan fingerprint density at radius 3 is 2.41 bits per heavy atom. The molecule has 2 rings (SSSR count). The maximum atomic E-state index is 11.8. The normalized spacial score (nSPS) is 9.91. The van der Waals surface area contributed by atoms with Crippen molar-refractivity contribution in [2.24, 2.45) is 0 Å². The highest BCUT2D eigenvalue weighted by molar-refractivity contribution is 6.34. The van der Waals surface area contributed by atoms with E-state index in [-0.39, 0.29) is 18.4 Å². The van der Waals surface area contributed by atoms with E-state index in [0.717, 1.165) is 5.69 Å². The quantitative estimate of drug-likeness (QED) is 0.794. The third-order valence-electron chi connectivity index (χ3n) is 2.95. The van der Waals surface area contributed by atoms with Crippen LogP contribution in [0.25, 0.3) is 0 Å². The molecule has 114 valence electrons. The van der Waals surface area contributed by atoms with Crippen molar-refractivity contribution in [1.29, 1.82) is 0 Å². The fraction of sp³-hybridized carbons (Fsp3) is 0.125. The van der Waals surface area contributed by atoms with E-state index in [9.17, 15) is 9.59 Å². The number of carbonyl (C=O) groups excluding carboxylic acids is 2. The third-order valence-corrected chi connectivity index (χ3v) is 3.26. The summed E-state index contributed by atoms with van der Waals surface area (Å²) in [5.74, 6) is -0.420. The number of benzene rings is 2. The van der Waals surface area contributed by atoms with Gasteiger partial charge in [0.25, 0.3) is 5.91 Å². The van der Waals surface area contributed by atoms with Gasteiger partial charge in [0.1, 0.15) is 0 Å². The predicted octanol–water partition coefficient (Wildman–Crippen LogP) is 2.75. The number of halogens is 1. The van der Waals surface area contributed by atoms with Crippen LogP contribution >= 0.6 is 11.6 Å². The second kappa shape index (κ2) is 7.47. The zero-order valence-corrected chi connectivity index (χ0v) is 12.8. The summed E-state index contributed by atoms with van der Waals surface area (Å²) in [4.78, 5) is 23.4. The van der Waals surface area contributed by atoms with Crippen molar-refractivity contribution in [2.45, 2.75) is 0 Å². The lowest BCUT2D eigenvalue weighted by atomic mass is 10.2. The first-order valence-corrected chi connectivity index (χ1v) is 7.08. The summed E-state index contributed by atoms with van der Waals surface area (Å²) in [7, 11) is 1.54. The summed E-state index contributed by atoms with van der Waals surface area (Å²) in [6.07, 6.45) is 0. The van der Waals surface area contributed by atoms with Crippen LogP contribution < -0.4 is 16.0 Å². The molecule has 5 nitrogen and oxygen atoms in total. The molecule has 3 N–H and O–H groups in total. The van der Waals surface area contributed by atoms with E-state index in [4.69, 9.17) is 11.6 Å². The zero-order chi connectivity index (χ0) is 15.9. The van der Waals surface area contributed by atoms with E-state index < -0.39 is 0 Å². The Morgan fingerprint density at radius 1 is 1.05 bits per heavy atom. The summed E-state index contributed by atoms with van der Waals surface area (Å²) in [5, 5.41) is 8.57. The molecule has 0 fully saturated rings. The Morgan fingerprint density at radius 2 is 1.77 bits per heavy atom. The molecule has 0 saturated carbocycles. The number of amides is 2. The maximum Gasteiger partial charge on any atom is 0.252 e. The highest BCUT2D eigenvalue weighted by Crippen LogP contribution is 2.20. The summed E-state index contributed by atoms with van der Waals surface area (Å²) >= 11 is 6.05.